The lowest BCUT2D eigenvalue weighted by molar-refractivity contribution is -0.116. The minimum Gasteiger partial charge on any atom is -0.399 e. The van der Waals surface area contributed by atoms with Crippen LogP contribution in [0.3, 0.4) is 0 Å². The third-order valence-corrected chi connectivity index (χ3v) is 2.66. The van der Waals surface area contributed by atoms with Crippen molar-refractivity contribution in [2.24, 2.45) is 0 Å². The summed E-state index contributed by atoms with van der Waals surface area (Å²) in [5.41, 5.74) is 5.93. The molecule has 2 aromatic rings. The van der Waals surface area contributed by atoms with Crippen molar-refractivity contribution in [3.8, 4) is 6.07 Å². The molecule has 0 saturated heterocycles. The molecule has 7 heteroatoms. The summed E-state index contributed by atoms with van der Waals surface area (Å²) in [5, 5.41) is 11.2. The van der Waals surface area contributed by atoms with Gasteiger partial charge in [-0.05, 0) is 18.2 Å². The number of rotatable bonds is 4. The Morgan fingerprint density at radius 1 is 1.55 bits per heavy atom. The molecule has 1 heterocycles. The van der Waals surface area contributed by atoms with Crippen molar-refractivity contribution in [2.75, 3.05) is 11.1 Å². The van der Waals surface area contributed by atoms with Crippen molar-refractivity contribution in [3.05, 3.63) is 42.2 Å². The molecule has 20 heavy (non-hydrogen) atoms. The standard InChI is InChI=1S/C13H12FN5O/c14-10-2-1-9(16)7-11(10)18-13(20)3-5-19-6-4-17-12(19)8-15/h1-2,4,6-7H,3,5,16H2,(H,18,20). The fraction of sp³-hybridized carbons (Fsp3) is 0.154. The van der Waals surface area contributed by atoms with Gasteiger partial charge in [0.25, 0.3) is 0 Å². The van der Waals surface area contributed by atoms with Crippen LogP contribution in [0, 0.1) is 17.1 Å². The second kappa shape index (κ2) is 5.84. The number of aryl methyl sites for hydroxylation is 1. The number of nitrogens with one attached hydrogen (secondary N) is 1. The maximum atomic E-state index is 13.4. The van der Waals surface area contributed by atoms with E-state index in [1.807, 2.05) is 6.07 Å². The number of benzene rings is 1. The normalized spacial score (nSPS) is 10.0. The Bertz CT molecular complexity index is 674. The number of carbonyl (C=O) groups is 1. The number of halogens is 1. The highest BCUT2D eigenvalue weighted by Crippen LogP contribution is 2.17. The maximum Gasteiger partial charge on any atom is 0.226 e. The summed E-state index contributed by atoms with van der Waals surface area (Å²) >= 11 is 0. The summed E-state index contributed by atoms with van der Waals surface area (Å²) in [6.07, 6.45) is 3.18. The van der Waals surface area contributed by atoms with Gasteiger partial charge in [-0.3, -0.25) is 4.79 Å². The van der Waals surface area contributed by atoms with Crippen LogP contribution in [0.15, 0.2) is 30.6 Å². The summed E-state index contributed by atoms with van der Waals surface area (Å²) in [4.78, 5) is 15.6. The highest BCUT2D eigenvalue weighted by atomic mass is 19.1. The fourth-order valence-corrected chi connectivity index (χ4v) is 1.68. The molecule has 0 radical (unpaired) electrons. The first-order valence-corrected chi connectivity index (χ1v) is 5.86. The molecular formula is C13H12FN5O. The van der Waals surface area contributed by atoms with E-state index in [0.717, 1.165) is 0 Å². The summed E-state index contributed by atoms with van der Waals surface area (Å²) in [7, 11) is 0. The number of nitriles is 1. The molecule has 0 bridgehead atoms. The largest absolute Gasteiger partial charge is 0.399 e. The molecule has 0 spiro atoms. The van der Waals surface area contributed by atoms with Gasteiger partial charge in [-0.15, -0.1) is 0 Å². The Hall–Kier alpha value is -2.88. The first-order chi connectivity index (χ1) is 9.60. The van der Waals surface area contributed by atoms with Crippen LogP contribution in [0.4, 0.5) is 15.8 Å². The second-order valence-corrected chi connectivity index (χ2v) is 4.09. The van der Waals surface area contributed by atoms with Crippen LogP contribution >= 0.6 is 0 Å². The van der Waals surface area contributed by atoms with Crippen LogP contribution in [-0.2, 0) is 11.3 Å². The zero-order valence-electron chi connectivity index (χ0n) is 10.5. The van der Waals surface area contributed by atoms with Gasteiger partial charge >= 0.3 is 0 Å². The molecule has 0 aliphatic carbocycles. The van der Waals surface area contributed by atoms with Gasteiger partial charge in [-0.2, -0.15) is 5.26 Å². The number of nitrogens with zero attached hydrogens (tertiary/aromatic N) is 3. The molecular weight excluding hydrogens is 261 g/mol. The van der Waals surface area contributed by atoms with E-state index in [2.05, 4.69) is 10.3 Å². The van der Waals surface area contributed by atoms with E-state index in [1.165, 1.54) is 24.4 Å². The number of nitrogen functional groups attached to an aromatic ring is 1. The third-order valence-electron chi connectivity index (χ3n) is 2.66. The Kier molecular flexibility index (Phi) is 3.96. The van der Waals surface area contributed by atoms with Crippen molar-refractivity contribution in [1.82, 2.24) is 9.55 Å². The predicted molar refractivity (Wildman–Crippen MR) is 71.0 cm³/mol. The number of aromatic nitrogens is 2. The van der Waals surface area contributed by atoms with Gasteiger partial charge in [0.05, 0.1) is 5.69 Å². The SMILES string of the molecule is N#Cc1nccn1CCC(=O)Nc1cc(N)ccc1F. The molecule has 1 amide bonds. The highest BCUT2D eigenvalue weighted by molar-refractivity contribution is 5.91. The van der Waals surface area contributed by atoms with Gasteiger partial charge in [0.15, 0.2) is 0 Å². The number of amides is 1. The summed E-state index contributed by atoms with van der Waals surface area (Å²) in [6, 6.07) is 5.86. The first-order valence-electron chi connectivity index (χ1n) is 5.86. The van der Waals surface area contributed by atoms with Gasteiger partial charge in [0.2, 0.25) is 11.7 Å². The molecule has 0 saturated carbocycles. The number of nitrogens with two attached hydrogens (primary N) is 1. The fourth-order valence-electron chi connectivity index (χ4n) is 1.68. The molecule has 1 aromatic heterocycles. The molecule has 1 aromatic carbocycles. The van der Waals surface area contributed by atoms with E-state index in [1.54, 1.807) is 10.8 Å². The summed E-state index contributed by atoms with van der Waals surface area (Å²) in [6.45, 7) is 0.290. The number of imidazole rings is 1. The van der Waals surface area contributed by atoms with E-state index >= 15 is 0 Å². The van der Waals surface area contributed by atoms with Crippen molar-refractivity contribution in [3.63, 3.8) is 0 Å². The average Bonchev–Trinajstić information content (AvgIpc) is 2.88. The smallest absolute Gasteiger partial charge is 0.226 e. The van der Waals surface area contributed by atoms with Crippen LogP contribution in [-0.4, -0.2) is 15.5 Å². The Balaban J connectivity index is 1.96. The molecule has 0 aliphatic rings. The zero-order chi connectivity index (χ0) is 14.5. The molecule has 3 N–H and O–H groups in total. The van der Waals surface area contributed by atoms with Gasteiger partial charge in [0.1, 0.15) is 11.9 Å². The van der Waals surface area contributed by atoms with E-state index in [0.29, 0.717) is 12.2 Å². The lowest BCUT2D eigenvalue weighted by atomic mass is 10.2. The minimum atomic E-state index is -0.548. The van der Waals surface area contributed by atoms with Gasteiger partial charge < -0.3 is 15.6 Å². The molecule has 2 rings (SSSR count). The predicted octanol–water partition coefficient (Wildman–Crippen LogP) is 1.50. The van der Waals surface area contributed by atoms with E-state index < -0.39 is 5.82 Å². The molecule has 6 nitrogen and oxygen atoms in total. The van der Waals surface area contributed by atoms with Crippen LogP contribution in [0.5, 0.6) is 0 Å². The van der Waals surface area contributed by atoms with Gasteiger partial charge in [-0.1, -0.05) is 0 Å². The van der Waals surface area contributed by atoms with E-state index in [9.17, 15) is 9.18 Å². The van der Waals surface area contributed by atoms with E-state index in [-0.39, 0.29) is 23.8 Å². The van der Waals surface area contributed by atoms with Crippen LogP contribution in [0.2, 0.25) is 0 Å². The maximum absolute atomic E-state index is 13.4. The van der Waals surface area contributed by atoms with Crippen LogP contribution < -0.4 is 11.1 Å². The molecule has 0 fully saturated rings. The van der Waals surface area contributed by atoms with Gasteiger partial charge in [0, 0.05) is 31.0 Å². The molecule has 0 atom stereocenters. The minimum absolute atomic E-state index is 0.0427. The Morgan fingerprint density at radius 3 is 3.10 bits per heavy atom. The van der Waals surface area contributed by atoms with Crippen LogP contribution in [0.1, 0.15) is 12.2 Å². The molecule has 0 unspecified atom stereocenters. The summed E-state index contributed by atoms with van der Waals surface area (Å²) < 4.78 is 15.0. The van der Waals surface area contributed by atoms with Crippen molar-refractivity contribution < 1.29 is 9.18 Å². The van der Waals surface area contributed by atoms with Gasteiger partial charge in [-0.25, -0.2) is 9.37 Å². The average molecular weight is 273 g/mol. The number of hydrogen-bond donors (Lipinski definition) is 2. The molecule has 102 valence electrons. The quantitative estimate of drug-likeness (QED) is 0.825. The number of hydrogen-bond acceptors (Lipinski definition) is 4. The van der Waals surface area contributed by atoms with Crippen molar-refractivity contribution in [2.45, 2.75) is 13.0 Å². The third kappa shape index (κ3) is 3.11. The topological polar surface area (TPSA) is 96.7 Å². The van der Waals surface area contributed by atoms with E-state index in [4.69, 9.17) is 11.0 Å². The van der Waals surface area contributed by atoms with Crippen LogP contribution in [0.25, 0.3) is 0 Å². The van der Waals surface area contributed by atoms with Crippen molar-refractivity contribution in [1.29, 1.82) is 5.26 Å². The Morgan fingerprint density at radius 2 is 2.35 bits per heavy atom. The second-order valence-electron chi connectivity index (χ2n) is 4.09. The van der Waals surface area contributed by atoms with Crippen molar-refractivity contribution >= 4 is 17.3 Å². The monoisotopic (exact) mass is 273 g/mol. The zero-order valence-corrected chi connectivity index (χ0v) is 10.5. The summed E-state index contributed by atoms with van der Waals surface area (Å²) in [5.74, 6) is -0.687. The first kappa shape index (κ1) is 13.5. The lowest BCUT2D eigenvalue weighted by Gasteiger charge is -2.08. The lowest BCUT2D eigenvalue weighted by Crippen LogP contribution is -2.15. The number of carbonyl (C=O) groups excluding carboxylic acids is 1. The highest BCUT2D eigenvalue weighted by Gasteiger charge is 2.09. The Labute approximate surface area is 114 Å². The molecule has 0 aliphatic heterocycles. The number of anilines is 2.